The number of carbonyl (C=O) groups excluding carboxylic acids is 1. The van der Waals surface area contributed by atoms with Crippen LogP contribution in [-0.4, -0.2) is 33.1 Å². The molecule has 1 amide bonds. The summed E-state index contributed by atoms with van der Waals surface area (Å²) in [4.78, 5) is 37.3. The first-order chi connectivity index (χ1) is 18.9. The second kappa shape index (κ2) is 10.7. The lowest BCUT2D eigenvalue weighted by Gasteiger charge is -2.12. The van der Waals surface area contributed by atoms with Gasteiger partial charge in [-0.1, -0.05) is 12.1 Å². The van der Waals surface area contributed by atoms with Gasteiger partial charge >= 0.3 is 0 Å². The highest BCUT2D eigenvalue weighted by molar-refractivity contribution is 6.04. The minimum absolute atomic E-state index is 0.0231. The summed E-state index contributed by atoms with van der Waals surface area (Å²) >= 11 is 0. The zero-order valence-corrected chi connectivity index (χ0v) is 20.4. The van der Waals surface area contributed by atoms with E-state index >= 15 is 0 Å². The van der Waals surface area contributed by atoms with Gasteiger partial charge in [0.05, 0.1) is 30.5 Å². The van der Waals surface area contributed by atoms with E-state index in [4.69, 9.17) is 9.47 Å². The Morgan fingerprint density at radius 3 is 2.56 bits per heavy atom. The van der Waals surface area contributed by atoms with E-state index in [-0.39, 0.29) is 34.0 Å². The van der Waals surface area contributed by atoms with E-state index in [9.17, 15) is 23.5 Å². The quantitative estimate of drug-likeness (QED) is 0.276. The van der Waals surface area contributed by atoms with Crippen LogP contribution >= 0.6 is 0 Å². The van der Waals surface area contributed by atoms with Gasteiger partial charge in [0.15, 0.2) is 17.3 Å². The maximum atomic E-state index is 15.0. The first kappa shape index (κ1) is 25.5. The number of hydrogen-bond acceptors (Lipinski definition) is 7. The number of anilines is 1. The molecule has 0 radical (unpaired) electrons. The van der Waals surface area contributed by atoms with Crippen molar-refractivity contribution >= 4 is 22.6 Å². The Morgan fingerprint density at radius 1 is 1.05 bits per heavy atom. The van der Waals surface area contributed by atoms with Crippen molar-refractivity contribution in [2.75, 3.05) is 12.4 Å². The Balaban J connectivity index is 1.40. The van der Waals surface area contributed by atoms with Crippen LogP contribution in [0.25, 0.3) is 22.2 Å². The molecular formula is C28H20F2N4O5. The van der Waals surface area contributed by atoms with Crippen molar-refractivity contribution in [1.82, 2.24) is 15.0 Å². The highest BCUT2D eigenvalue weighted by Gasteiger charge is 2.19. The number of rotatable bonds is 7. The summed E-state index contributed by atoms with van der Waals surface area (Å²) in [6, 6.07) is 13.7. The predicted molar refractivity (Wildman–Crippen MR) is 139 cm³/mol. The van der Waals surface area contributed by atoms with Crippen molar-refractivity contribution < 1.29 is 28.2 Å². The molecule has 39 heavy (non-hydrogen) atoms. The van der Waals surface area contributed by atoms with Crippen molar-refractivity contribution in [3.8, 4) is 28.5 Å². The molecule has 0 aliphatic carbocycles. The van der Waals surface area contributed by atoms with Crippen LogP contribution in [0.1, 0.15) is 16.1 Å². The fourth-order valence-corrected chi connectivity index (χ4v) is 3.94. The van der Waals surface area contributed by atoms with Gasteiger partial charge in [0.25, 0.3) is 5.91 Å². The molecule has 2 aromatic carbocycles. The molecule has 5 rings (SSSR count). The number of halogens is 2. The second-order valence-corrected chi connectivity index (χ2v) is 8.28. The van der Waals surface area contributed by atoms with E-state index in [1.807, 2.05) is 0 Å². The van der Waals surface area contributed by atoms with Crippen molar-refractivity contribution in [3.05, 3.63) is 106 Å². The lowest BCUT2D eigenvalue weighted by Crippen LogP contribution is -2.24. The predicted octanol–water partition coefficient (Wildman–Crippen LogP) is 4.81. The Kier molecular flexibility index (Phi) is 6.98. The minimum atomic E-state index is -0.811. The summed E-state index contributed by atoms with van der Waals surface area (Å²) in [5, 5.41) is 12.1. The van der Waals surface area contributed by atoms with Crippen molar-refractivity contribution in [3.63, 3.8) is 0 Å². The standard InChI is InChI=1S/C28H20F2N4O5/c1-38-24-9-7-20-26(34-24)23(10-11-31-20)39-22-8-6-17(12-19(22)30)33-28(37)18-13-32-21(14-35)25(27(18)36)15-2-4-16(29)5-3-15/h2-13,35H,14H2,1H3,(H,32,36)(H,33,37). The van der Waals surface area contributed by atoms with Crippen LogP contribution in [0.3, 0.4) is 0 Å². The SMILES string of the molecule is COc1ccc2nccc(Oc3ccc(NC(=O)c4c[nH]c(CO)c(-c5ccc(F)cc5)c4=O)cc3F)c2n1. The molecule has 0 spiro atoms. The molecule has 0 bridgehead atoms. The number of aromatic nitrogens is 3. The first-order valence-electron chi connectivity index (χ1n) is 11.6. The molecule has 196 valence electrons. The van der Waals surface area contributed by atoms with E-state index in [0.717, 1.165) is 24.4 Å². The van der Waals surface area contributed by atoms with Crippen LogP contribution in [0.5, 0.6) is 17.4 Å². The molecular weight excluding hydrogens is 510 g/mol. The van der Waals surface area contributed by atoms with Gasteiger partial charge in [-0.3, -0.25) is 14.6 Å². The van der Waals surface area contributed by atoms with Crippen molar-refractivity contribution in [2.24, 2.45) is 0 Å². The normalized spacial score (nSPS) is 10.9. The summed E-state index contributed by atoms with van der Waals surface area (Å²) in [5.41, 5.74) is 0.496. The topological polar surface area (TPSA) is 126 Å². The maximum absolute atomic E-state index is 15.0. The fraction of sp³-hybridized carbons (Fsp3) is 0.0714. The fourth-order valence-electron chi connectivity index (χ4n) is 3.94. The molecule has 9 nitrogen and oxygen atoms in total. The Bertz CT molecular complexity index is 1760. The zero-order valence-electron chi connectivity index (χ0n) is 20.4. The molecule has 0 saturated heterocycles. The average molecular weight is 530 g/mol. The molecule has 0 atom stereocenters. The number of aliphatic hydroxyl groups is 1. The third kappa shape index (κ3) is 5.15. The van der Waals surface area contributed by atoms with Crippen LogP contribution in [0.15, 0.2) is 77.9 Å². The summed E-state index contributed by atoms with van der Waals surface area (Å²) in [5.74, 6) is -1.64. The number of amides is 1. The highest BCUT2D eigenvalue weighted by atomic mass is 19.1. The number of aromatic amines is 1. The third-order valence-corrected chi connectivity index (χ3v) is 5.84. The highest BCUT2D eigenvalue weighted by Crippen LogP contribution is 2.31. The van der Waals surface area contributed by atoms with Gasteiger partial charge in [-0.2, -0.15) is 0 Å². The van der Waals surface area contributed by atoms with E-state index in [1.165, 1.54) is 43.6 Å². The van der Waals surface area contributed by atoms with E-state index in [0.29, 0.717) is 22.5 Å². The molecule has 0 fully saturated rings. The molecule has 0 unspecified atom stereocenters. The Labute approximate surface area is 219 Å². The molecule has 3 aromatic heterocycles. The van der Waals surface area contributed by atoms with E-state index < -0.39 is 29.6 Å². The number of ether oxygens (including phenoxy) is 2. The number of hydrogen-bond donors (Lipinski definition) is 3. The second-order valence-electron chi connectivity index (χ2n) is 8.28. The van der Waals surface area contributed by atoms with Gasteiger partial charge < -0.3 is 24.9 Å². The lowest BCUT2D eigenvalue weighted by atomic mass is 10.0. The summed E-state index contributed by atoms with van der Waals surface area (Å²) in [7, 11) is 1.47. The molecule has 11 heteroatoms. The number of nitrogens with one attached hydrogen (secondary N) is 2. The Morgan fingerprint density at radius 2 is 1.85 bits per heavy atom. The molecule has 0 saturated carbocycles. The van der Waals surface area contributed by atoms with Gasteiger partial charge in [0, 0.05) is 36.3 Å². The average Bonchev–Trinajstić information content (AvgIpc) is 2.94. The first-order valence-corrected chi connectivity index (χ1v) is 11.6. The van der Waals surface area contributed by atoms with Crippen LogP contribution < -0.4 is 20.2 Å². The summed E-state index contributed by atoms with van der Waals surface area (Å²) in [6.07, 6.45) is 2.65. The third-order valence-electron chi connectivity index (χ3n) is 5.84. The van der Waals surface area contributed by atoms with Gasteiger partial charge in [0.2, 0.25) is 11.3 Å². The van der Waals surface area contributed by atoms with Gasteiger partial charge in [-0.25, -0.2) is 13.8 Å². The van der Waals surface area contributed by atoms with Crippen molar-refractivity contribution in [1.29, 1.82) is 0 Å². The van der Waals surface area contributed by atoms with Crippen molar-refractivity contribution in [2.45, 2.75) is 6.61 Å². The Hall–Kier alpha value is -5.16. The monoisotopic (exact) mass is 530 g/mol. The number of aliphatic hydroxyl groups excluding tert-OH is 1. The number of fused-ring (bicyclic) bond motifs is 1. The van der Waals surface area contributed by atoms with Gasteiger partial charge in [0.1, 0.15) is 16.9 Å². The number of carbonyl (C=O) groups is 1. The number of methoxy groups -OCH3 is 1. The van der Waals surface area contributed by atoms with Gasteiger partial charge in [-0.15, -0.1) is 0 Å². The maximum Gasteiger partial charge on any atom is 0.261 e. The number of pyridine rings is 3. The number of benzene rings is 2. The van der Waals surface area contributed by atoms with Crippen LogP contribution in [0.4, 0.5) is 14.5 Å². The lowest BCUT2D eigenvalue weighted by molar-refractivity contribution is 0.102. The molecule has 0 aliphatic rings. The van der Waals surface area contributed by atoms with E-state index in [2.05, 4.69) is 20.3 Å². The van der Waals surface area contributed by atoms with Crippen LogP contribution in [0, 0.1) is 11.6 Å². The molecule has 3 N–H and O–H groups in total. The largest absolute Gasteiger partial charge is 0.481 e. The molecule has 3 heterocycles. The zero-order chi connectivity index (χ0) is 27.5. The summed E-state index contributed by atoms with van der Waals surface area (Å²) < 4.78 is 39.2. The smallest absolute Gasteiger partial charge is 0.261 e. The van der Waals surface area contributed by atoms with Crippen LogP contribution in [-0.2, 0) is 6.61 Å². The molecule has 0 aliphatic heterocycles. The number of nitrogens with zero attached hydrogens (tertiary/aromatic N) is 2. The van der Waals surface area contributed by atoms with Gasteiger partial charge in [-0.05, 0) is 35.9 Å². The number of H-pyrrole nitrogens is 1. The molecule has 5 aromatic rings. The minimum Gasteiger partial charge on any atom is -0.481 e. The summed E-state index contributed by atoms with van der Waals surface area (Å²) in [6.45, 7) is -0.508. The van der Waals surface area contributed by atoms with Crippen LogP contribution in [0.2, 0.25) is 0 Å². The van der Waals surface area contributed by atoms with E-state index in [1.54, 1.807) is 12.1 Å².